The minimum absolute atomic E-state index is 0.162. The Kier molecular flexibility index (Phi) is 7.55. The summed E-state index contributed by atoms with van der Waals surface area (Å²) in [6.45, 7) is 9.53. The average molecular weight is 371 g/mol. The molecule has 0 unspecified atom stereocenters. The van der Waals surface area contributed by atoms with Gasteiger partial charge in [-0.2, -0.15) is 0 Å². The molecule has 0 aliphatic heterocycles. The van der Waals surface area contributed by atoms with Crippen LogP contribution in [-0.4, -0.2) is 36.3 Å². The lowest BCUT2D eigenvalue weighted by molar-refractivity contribution is -0.123. The molecule has 0 saturated heterocycles. The lowest BCUT2D eigenvalue weighted by atomic mass is 10.1. The van der Waals surface area contributed by atoms with E-state index in [1.54, 1.807) is 45.0 Å². The predicted octanol–water partition coefficient (Wildman–Crippen LogP) is 3.53. The molecule has 0 atom stereocenters. The van der Waals surface area contributed by atoms with Crippen LogP contribution in [0.15, 0.2) is 24.3 Å². The molecule has 25 heavy (non-hydrogen) atoms. The van der Waals surface area contributed by atoms with Gasteiger partial charge in [-0.15, -0.1) is 0 Å². The molecular formula is C18H27ClN2O4. The Balaban J connectivity index is 2.31. The van der Waals surface area contributed by atoms with E-state index in [1.807, 2.05) is 13.8 Å². The molecule has 140 valence electrons. The van der Waals surface area contributed by atoms with Crippen molar-refractivity contribution in [2.45, 2.75) is 52.2 Å². The Bertz CT molecular complexity index is 580. The highest BCUT2D eigenvalue weighted by Gasteiger charge is 2.23. The molecule has 0 bridgehead atoms. The first-order valence-corrected chi connectivity index (χ1v) is 8.51. The van der Waals surface area contributed by atoms with Gasteiger partial charge in [0.15, 0.2) is 0 Å². The zero-order chi connectivity index (χ0) is 19.1. The van der Waals surface area contributed by atoms with Gasteiger partial charge in [-0.25, -0.2) is 4.79 Å². The lowest BCUT2D eigenvalue weighted by Crippen LogP contribution is -2.52. The highest BCUT2D eigenvalue weighted by Crippen LogP contribution is 2.15. The number of rotatable bonds is 7. The van der Waals surface area contributed by atoms with Gasteiger partial charge in [-0.3, -0.25) is 4.79 Å². The molecule has 0 spiro atoms. The molecule has 6 nitrogen and oxygen atoms in total. The molecular weight excluding hydrogens is 344 g/mol. The smallest absolute Gasteiger partial charge is 0.407 e. The van der Waals surface area contributed by atoms with Crippen molar-refractivity contribution in [3.63, 3.8) is 0 Å². The highest BCUT2D eigenvalue weighted by atomic mass is 35.5. The Morgan fingerprint density at radius 2 is 1.68 bits per heavy atom. The summed E-state index contributed by atoms with van der Waals surface area (Å²) >= 11 is 5.80. The van der Waals surface area contributed by atoms with Gasteiger partial charge < -0.3 is 20.1 Å². The summed E-state index contributed by atoms with van der Waals surface area (Å²) in [6.07, 6.45) is -0.306. The normalized spacial score (nSPS) is 11.6. The molecule has 1 rings (SSSR count). The van der Waals surface area contributed by atoms with Crippen molar-refractivity contribution in [1.82, 2.24) is 10.6 Å². The van der Waals surface area contributed by atoms with Crippen LogP contribution in [0.5, 0.6) is 5.75 Å². The molecule has 0 aliphatic carbocycles. The largest absolute Gasteiger partial charge is 0.493 e. The minimum Gasteiger partial charge on any atom is -0.493 e. The molecule has 2 N–H and O–H groups in total. The van der Waals surface area contributed by atoms with E-state index in [-0.39, 0.29) is 25.5 Å². The fourth-order valence-electron chi connectivity index (χ4n) is 1.88. The predicted molar refractivity (Wildman–Crippen MR) is 98.0 cm³/mol. The van der Waals surface area contributed by atoms with Crippen LogP contribution in [0.3, 0.4) is 0 Å². The zero-order valence-corrected chi connectivity index (χ0v) is 16.2. The third kappa shape index (κ3) is 9.82. The number of halogens is 1. The first-order chi connectivity index (χ1) is 11.5. The number of hydrogen-bond donors (Lipinski definition) is 2. The van der Waals surface area contributed by atoms with Crippen LogP contribution in [0.2, 0.25) is 5.02 Å². The standard InChI is InChI=1S/C18H27ClN2O4/c1-17(2,3)25-16(23)20-12-18(4,5)21-15(22)10-11-24-14-8-6-13(19)7-9-14/h6-9H,10-12H2,1-5H3,(H,20,23)(H,21,22). The van der Waals surface area contributed by atoms with Crippen molar-refractivity contribution in [1.29, 1.82) is 0 Å². The molecule has 1 aromatic rings. The summed E-state index contributed by atoms with van der Waals surface area (Å²) in [4.78, 5) is 23.7. The van der Waals surface area contributed by atoms with E-state index >= 15 is 0 Å². The molecule has 0 fully saturated rings. The van der Waals surface area contributed by atoms with E-state index in [0.29, 0.717) is 10.8 Å². The van der Waals surface area contributed by atoms with Crippen molar-refractivity contribution in [2.24, 2.45) is 0 Å². The van der Waals surface area contributed by atoms with Gasteiger partial charge in [0.2, 0.25) is 5.91 Å². The van der Waals surface area contributed by atoms with E-state index in [0.717, 1.165) is 0 Å². The lowest BCUT2D eigenvalue weighted by Gasteiger charge is -2.27. The van der Waals surface area contributed by atoms with E-state index < -0.39 is 17.2 Å². The Labute approximate surface area is 154 Å². The van der Waals surface area contributed by atoms with Crippen LogP contribution < -0.4 is 15.4 Å². The highest BCUT2D eigenvalue weighted by molar-refractivity contribution is 6.30. The Morgan fingerprint density at radius 3 is 2.24 bits per heavy atom. The molecule has 2 amide bonds. The summed E-state index contributed by atoms with van der Waals surface area (Å²) in [5.74, 6) is 0.494. The SMILES string of the molecule is CC(C)(CNC(=O)OC(C)(C)C)NC(=O)CCOc1ccc(Cl)cc1. The average Bonchev–Trinajstić information content (AvgIpc) is 2.45. The van der Waals surface area contributed by atoms with Crippen LogP contribution in [0.4, 0.5) is 4.79 Å². The zero-order valence-electron chi connectivity index (χ0n) is 15.4. The van der Waals surface area contributed by atoms with Crippen molar-refractivity contribution in [2.75, 3.05) is 13.2 Å². The summed E-state index contributed by atoms with van der Waals surface area (Å²) in [5.41, 5.74) is -1.16. The van der Waals surface area contributed by atoms with Crippen LogP contribution in [0.1, 0.15) is 41.0 Å². The first kappa shape index (κ1) is 21.1. The Morgan fingerprint density at radius 1 is 1.08 bits per heavy atom. The van der Waals surface area contributed by atoms with Gasteiger partial charge in [0.1, 0.15) is 11.4 Å². The molecule has 0 aromatic heterocycles. The number of benzene rings is 1. The number of hydrogen-bond acceptors (Lipinski definition) is 4. The molecule has 1 aromatic carbocycles. The van der Waals surface area contributed by atoms with E-state index in [2.05, 4.69) is 10.6 Å². The summed E-state index contributed by atoms with van der Waals surface area (Å²) in [6, 6.07) is 6.94. The van der Waals surface area contributed by atoms with E-state index in [1.165, 1.54) is 0 Å². The molecule has 0 heterocycles. The maximum Gasteiger partial charge on any atom is 0.407 e. The topological polar surface area (TPSA) is 76.7 Å². The maximum atomic E-state index is 12.0. The fourth-order valence-corrected chi connectivity index (χ4v) is 2.01. The second-order valence-corrected chi connectivity index (χ2v) is 7.78. The number of amides is 2. The van der Waals surface area contributed by atoms with Crippen molar-refractivity contribution >= 4 is 23.6 Å². The van der Waals surface area contributed by atoms with Crippen molar-refractivity contribution in [3.05, 3.63) is 29.3 Å². The number of alkyl carbamates (subject to hydrolysis) is 1. The van der Waals surface area contributed by atoms with Gasteiger partial charge in [-0.05, 0) is 58.9 Å². The number of ether oxygens (including phenoxy) is 2. The molecule has 0 saturated carbocycles. The van der Waals surface area contributed by atoms with Gasteiger partial charge in [0.05, 0.1) is 18.6 Å². The molecule has 0 radical (unpaired) electrons. The monoisotopic (exact) mass is 370 g/mol. The van der Waals surface area contributed by atoms with Crippen molar-refractivity contribution < 1.29 is 19.1 Å². The third-order valence-corrected chi connectivity index (χ3v) is 3.21. The van der Waals surface area contributed by atoms with Crippen LogP contribution in [0, 0.1) is 0 Å². The number of carbonyl (C=O) groups is 2. The number of carbonyl (C=O) groups excluding carboxylic acids is 2. The van der Waals surface area contributed by atoms with E-state index in [9.17, 15) is 9.59 Å². The second-order valence-electron chi connectivity index (χ2n) is 7.34. The third-order valence-electron chi connectivity index (χ3n) is 2.96. The van der Waals surface area contributed by atoms with Crippen LogP contribution >= 0.6 is 11.6 Å². The van der Waals surface area contributed by atoms with Gasteiger partial charge in [0.25, 0.3) is 0 Å². The van der Waals surface area contributed by atoms with Gasteiger partial charge in [0, 0.05) is 11.6 Å². The summed E-state index contributed by atoms with van der Waals surface area (Å²) in [7, 11) is 0. The van der Waals surface area contributed by atoms with Crippen molar-refractivity contribution in [3.8, 4) is 5.75 Å². The quantitative estimate of drug-likeness (QED) is 0.769. The van der Waals surface area contributed by atoms with Gasteiger partial charge in [-0.1, -0.05) is 11.6 Å². The van der Waals surface area contributed by atoms with Crippen LogP contribution in [-0.2, 0) is 9.53 Å². The van der Waals surface area contributed by atoms with Crippen LogP contribution in [0.25, 0.3) is 0 Å². The molecule has 0 aliphatic rings. The fraction of sp³-hybridized carbons (Fsp3) is 0.556. The first-order valence-electron chi connectivity index (χ1n) is 8.13. The summed E-state index contributed by atoms with van der Waals surface area (Å²) < 4.78 is 10.7. The van der Waals surface area contributed by atoms with Gasteiger partial charge >= 0.3 is 6.09 Å². The minimum atomic E-state index is -0.603. The maximum absolute atomic E-state index is 12.0. The second kappa shape index (κ2) is 8.94. The Hall–Kier alpha value is -1.95. The summed E-state index contributed by atoms with van der Waals surface area (Å²) in [5, 5.41) is 6.14. The molecule has 7 heteroatoms. The van der Waals surface area contributed by atoms with E-state index in [4.69, 9.17) is 21.1 Å². The number of nitrogens with one attached hydrogen (secondary N) is 2.